The number of carbonyl (C=O) groups is 1. The van der Waals surface area contributed by atoms with Crippen LogP contribution in [0.3, 0.4) is 0 Å². The number of hydrogen-bond donors (Lipinski definition) is 2. The van der Waals surface area contributed by atoms with Gasteiger partial charge in [0, 0.05) is 0 Å². The summed E-state index contributed by atoms with van der Waals surface area (Å²) in [6, 6.07) is 0.171. The third-order valence-corrected chi connectivity index (χ3v) is 2.41. The van der Waals surface area contributed by atoms with E-state index in [1.165, 1.54) is 0 Å². The molecule has 0 aliphatic carbocycles. The summed E-state index contributed by atoms with van der Waals surface area (Å²) < 4.78 is 10.5. The third kappa shape index (κ3) is 1.82. The Hall–Kier alpha value is -0.650. The van der Waals surface area contributed by atoms with Gasteiger partial charge in [-0.1, -0.05) is 0 Å². The van der Waals surface area contributed by atoms with Crippen LogP contribution in [0.15, 0.2) is 0 Å². The van der Waals surface area contributed by atoms with Gasteiger partial charge in [0.05, 0.1) is 12.6 Å². The molecule has 13 heavy (non-hydrogen) atoms. The zero-order chi connectivity index (χ0) is 9.26. The van der Waals surface area contributed by atoms with Gasteiger partial charge in [-0.15, -0.1) is 0 Å². The first kappa shape index (κ1) is 8.93. The Morgan fingerprint density at radius 1 is 1.54 bits per heavy atom. The SMILES string of the molecule is O=C(O)C1COC(C2CCCN2)O1. The fraction of sp³-hybridized carbons (Fsp3) is 0.875. The first-order chi connectivity index (χ1) is 6.27. The summed E-state index contributed by atoms with van der Waals surface area (Å²) >= 11 is 0. The van der Waals surface area contributed by atoms with Crippen LogP contribution in [-0.4, -0.2) is 42.7 Å². The predicted octanol–water partition coefficient (Wildman–Crippen LogP) is -0.436. The Labute approximate surface area is 76.0 Å². The fourth-order valence-electron chi connectivity index (χ4n) is 1.71. The number of carboxylic acids is 1. The van der Waals surface area contributed by atoms with E-state index in [1.54, 1.807) is 0 Å². The summed E-state index contributed by atoms with van der Waals surface area (Å²) in [6.07, 6.45) is 0.943. The molecule has 0 radical (unpaired) electrons. The van der Waals surface area contributed by atoms with Gasteiger partial charge in [0.15, 0.2) is 12.4 Å². The van der Waals surface area contributed by atoms with Gasteiger partial charge in [-0.05, 0) is 19.4 Å². The first-order valence-electron chi connectivity index (χ1n) is 4.50. The molecule has 0 saturated carbocycles. The molecule has 5 nitrogen and oxygen atoms in total. The van der Waals surface area contributed by atoms with Crippen LogP contribution < -0.4 is 5.32 Å². The van der Waals surface area contributed by atoms with Gasteiger partial charge in [-0.3, -0.25) is 0 Å². The summed E-state index contributed by atoms with van der Waals surface area (Å²) in [4.78, 5) is 10.5. The van der Waals surface area contributed by atoms with Gasteiger partial charge in [0.1, 0.15) is 0 Å². The molecule has 0 amide bonds. The highest BCUT2D eigenvalue weighted by molar-refractivity contribution is 5.72. The lowest BCUT2D eigenvalue weighted by Crippen LogP contribution is -2.36. The average Bonchev–Trinajstić information content (AvgIpc) is 2.75. The van der Waals surface area contributed by atoms with Crippen molar-refractivity contribution >= 4 is 5.97 Å². The van der Waals surface area contributed by atoms with Crippen LogP contribution in [0.2, 0.25) is 0 Å². The van der Waals surface area contributed by atoms with E-state index in [9.17, 15) is 4.79 Å². The van der Waals surface area contributed by atoms with Crippen LogP contribution in [0.4, 0.5) is 0 Å². The Balaban J connectivity index is 1.86. The Morgan fingerprint density at radius 2 is 2.38 bits per heavy atom. The zero-order valence-corrected chi connectivity index (χ0v) is 7.23. The molecule has 2 aliphatic rings. The highest BCUT2D eigenvalue weighted by atomic mass is 16.7. The maximum absolute atomic E-state index is 10.5. The normalized spacial score (nSPS) is 39.5. The summed E-state index contributed by atoms with van der Waals surface area (Å²) in [5, 5.41) is 11.9. The van der Waals surface area contributed by atoms with E-state index in [1.807, 2.05) is 0 Å². The highest BCUT2D eigenvalue weighted by Gasteiger charge is 2.37. The molecule has 0 bridgehead atoms. The van der Waals surface area contributed by atoms with E-state index < -0.39 is 12.1 Å². The number of ether oxygens (including phenoxy) is 2. The Bertz CT molecular complexity index is 202. The molecule has 0 aromatic rings. The summed E-state index contributed by atoms with van der Waals surface area (Å²) in [5.74, 6) is -0.944. The quantitative estimate of drug-likeness (QED) is 0.613. The minimum absolute atomic E-state index is 0.165. The molecular formula is C8H13NO4. The summed E-state index contributed by atoms with van der Waals surface area (Å²) in [5.41, 5.74) is 0. The number of aliphatic carboxylic acids is 1. The molecule has 2 heterocycles. The van der Waals surface area contributed by atoms with Crippen molar-refractivity contribution in [3.8, 4) is 0 Å². The zero-order valence-electron chi connectivity index (χ0n) is 7.23. The van der Waals surface area contributed by atoms with Gasteiger partial charge in [0.2, 0.25) is 0 Å². The molecule has 5 heteroatoms. The molecule has 2 rings (SSSR count). The maximum atomic E-state index is 10.5. The minimum Gasteiger partial charge on any atom is -0.479 e. The average molecular weight is 187 g/mol. The van der Waals surface area contributed by atoms with E-state index in [0.29, 0.717) is 0 Å². The van der Waals surface area contributed by atoms with E-state index in [-0.39, 0.29) is 18.9 Å². The van der Waals surface area contributed by atoms with Crippen molar-refractivity contribution in [1.29, 1.82) is 0 Å². The highest BCUT2D eigenvalue weighted by Crippen LogP contribution is 2.20. The van der Waals surface area contributed by atoms with Crippen molar-refractivity contribution in [3.63, 3.8) is 0 Å². The predicted molar refractivity (Wildman–Crippen MR) is 43.3 cm³/mol. The lowest BCUT2D eigenvalue weighted by Gasteiger charge is -2.16. The van der Waals surface area contributed by atoms with Crippen LogP contribution in [-0.2, 0) is 14.3 Å². The topological polar surface area (TPSA) is 67.8 Å². The smallest absolute Gasteiger partial charge is 0.335 e. The molecule has 3 atom stereocenters. The van der Waals surface area contributed by atoms with Crippen molar-refractivity contribution in [1.82, 2.24) is 5.32 Å². The lowest BCUT2D eigenvalue weighted by molar-refractivity contribution is -0.151. The second-order valence-corrected chi connectivity index (χ2v) is 3.37. The molecular weight excluding hydrogens is 174 g/mol. The Kier molecular flexibility index (Phi) is 2.48. The van der Waals surface area contributed by atoms with Crippen LogP contribution in [0.25, 0.3) is 0 Å². The lowest BCUT2D eigenvalue weighted by atomic mass is 10.2. The van der Waals surface area contributed by atoms with E-state index in [4.69, 9.17) is 14.6 Å². The van der Waals surface area contributed by atoms with Gasteiger partial charge in [-0.25, -0.2) is 4.79 Å². The van der Waals surface area contributed by atoms with Crippen molar-refractivity contribution < 1.29 is 19.4 Å². The molecule has 0 aromatic heterocycles. The van der Waals surface area contributed by atoms with E-state index in [0.717, 1.165) is 19.4 Å². The molecule has 2 aliphatic heterocycles. The first-order valence-corrected chi connectivity index (χ1v) is 4.50. The summed E-state index contributed by atoms with van der Waals surface area (Å²) in [6.45, 7) is 1.13. The molecule has 3 unspecified atom stereocenters. The largest absolute Gasteiger partial charge is 0.479 e. The van der Waals surface area contributed by atoms with Crippen LogP contribution in [0.5, 0.6) is 0 Å². The number of rotatable bonds is 2. The monoisotopic (exact) mass is 187 g/mol. The van der Waals surface area contributed by atoms with Crippen LogP contribution in [0.1, 0.15) is 12.8 Å². The van der Waals surface area contributed by atoms with E-state index in [2.05, 4.69) is 5.32 Å². The molecule has 0 spiro atoms. The fourth-order valence-corrected chi connectivity index (χ4v) is 1.71. The third-order valence-electron chi connectivity index (χ3n) is 2.41. The van der Waals surface area contributed by atoms with Crippen LogP contribution >= 0.6 is 0 Å². The summed E-state index contributed by atoms with van der Waals surface area (Å²) in [7, 11) is 0. The number of nitrogens with one attached hydrogen (secondary N) is 1. The van der Waals surface area contributed by atoms with Crippen molar-refractivity contribution in [2.75, 3.05) is 13.2 Å². The second-order valence-electron chi connectivity index (χ2n) is 3.37. The second kappa shape index (κ2) is 3.61. The van der Waals surface area contributed by atoms with Crippen molar-refractivity contribution in [2.24, 2.45) is 0 Å². The van der Waals surface area contributed by atoms with Gasteiger partial charge >= 0.3 is 5.97 Å². The van der Waals surface area contributed by atoms with E-state index >= 15 is 0 Å². The van der Waals surface area contributed by atoms with Gasteiger partial charge in [0.25, 0.3) is 0 Å². The number of hydrogen-bond acceptors (Lipinski definition) is 4. The molecule has 74 valence electrons. The maximum Gasteiger partial charge on any atom is 0.335 e. The molecule has 2 saturated heterocycles. The van der Waals surface area contributed by atoms with Crippen molar-refractivity contribution in [2.45, 2.75) is 31.3 Å². The Morgan fingerprint density at radius 3 is 2.92 bits per heavy atom. The number of carboxylic acid groups (broad SMARTS) is 1. The van der Waals surface area contributed by atoms with Crippen molar-refractivity contribution in [3.05, 3.63) is 0 Å². The van der Waals surface area contributed by atoms with Gasteiger partial charge < -0.3 is 19.9 Å². The standard InChI is InChI=1S/C8H13NO4/c10-7(11)6-4-12-8(13-6)5-2-1-3-9-5/h5-6,8-9H,1-4H2,(H,10,11). The molecule has 2 fully saturated rings. The van der Waals surface area contributed by atoms with Crippen LogP contribution in [0, 0.1) is 0 Å². The molecule has 0 aromatic carbocycles. The van der Waals surface area contributed by atoms with Gasteiger partial charge in [-0.2, -0.15) is 0 Å². The molecule has 2 N–H and O–H groups in total. The minimum atomic E-state index is -0.944.